The molecule has 0 spiro atoms. The predicted octanol–water partition coefficient (Wildman–Crippen LogP) is 3.74. The summed E-state index contributed by atoms with van der Waals surface area (Å²) in [5.74, 6) is 2.02. The molecule has 0 bridgehead atoms. The van der Waals surface area contributed by atoms with Crippen LogP contribution in [0.25, 0.3) is 0 Å². The highest BCUT2D eigenvalue weighted by Crippen LogP contribution is 2.32. The summed E-state index contributed by atoms with van der Waals surface area (Å²) < 4.78 is 10.8. The highest BCUT2D eigenvalue weighted by molar-refractivity contribution is 5.95. The largest absolute Gasteiger partial charge is 0.508 e. The number of rotatable bonds is 4. The molecule has 0 saturated carbocycles. The van der Waals surface area contributed by atoms with Crippen LogP contribution in [0.15, 0.2) is 36.4 Å². The van der Waals surface area contributed by atoms with E-state index in [4.69, 9.17) is 9.47 Å². The summed E-state index contributed by atoms with van der Waals surface area (Å²) in [4.78, 5) is 14.8. The van der Waals surface area contributed by atoms with E-state index in [1.165, 1.54) is 5.56 Å². The third-order valence-corrected chi connectivity index (χ3v) is 5.15. The maximum Gasteiger partial charge on any atom is 0.254 e. The van der Waals surface area contributed by atoms with E-state index in [0.29, 0.717) is 36.1 Å². The Morgan fingerprint density at radius 1 is 1.04 bits per heavy atom. The molecule has 1 N–H and O–H groups in total. The summed E-state index contributed by atoms with van der Waals surface area (Å²) in [6.07, 6.45) is 1.83. The fraction of sp³-hybridized carbons (Fsp3) is 0.381. The minimum Gasteiger partial charge on any atom is -0.508 e. The lowest BCUT2D eigenvalue weighted by atomic mass is 9.89. The predicted molar refractivity (Wildman–Crippen MR) is 100 cm³/mol. The maximum absolute atomic E-state index is 12.9. The molecule has 0 aromatic heterocycles. The van der Waals surface area contributed by atoms with E-state index in [9.17, 15) is 9.90 Å². The number of nitrogens with zero attached hydrogens (tertiary/aromatic N) is 1. The monoisotopic (exact) mass is 355 g/mol. The van der Waals surface area contributed by atoms with Gasteiger partial charge >= 0.3 is 0 Å². The topological polar surface area (TPSA) is 59.0 Å². The van der Waals surface area contributed by atoms with Gasteiger partial charge in [0.1, 0.15) is 17.2 Å². The van der Waals surface area contributed by atoms with E-state index in [-0.39, 0.29) is 11.7 Å². The van der Waals surface area contributed by atoms with Gasteiger partial charge in [-0.2, -0.15) is 0 Å². The number of phenols is 1. The van der Waals surface area contributed by atoms with Gasteiger partial charge in [0.2, 0.25) is 0 Å². The number of amides is 1. The number of hydrogen-bond acceptors (Lipinski definition) is 4. The Morgan fingerprint density at radius 2 is 1.58 bits per heavy atom. The first-order chi connectivity index (χ1) is 12.5. The van der Waals surface area contributed by atoms with E-state index in [1.807, 2.05) is 24.0 Å². The zero-order valence-corrected chi connectivity index (χ0v) is 15.5. The molecular weight excluding hydrogens is 330 g/mol. The van der Waals surface area contributed by atoms with Crippen LogP contribution in [0.1, 0.15) is 40.2 Å². The molecule has 1 aliphatic heterocycles. The Hall–Kier alpha value is -2.69. The van der Waals surface area contributed by atoms with Crippen molar-refractivity contribution in [1.29, 1.82) is 0 Å². The molecule has 0 radical (unpaired) electrons. The second-order valence-corrected chi connectivity index (χ2v) is 6.66. The maximum atomic E-state index is 12.9. The van der Waals surface area contributed by atoms with Crippen LogP contribution in [-0.2, 0) is 0 Å². The van der Waals surface area contributed by atoms with Gasteiger partial charge in [0.25, 0.3) is 5.91 Å². The Morgan fingerprint density at radius 3 is 2.08 bits per heavy atom. The van der Waals surface area contributed by atoms with Crippen molar-refractivity contribution in [2.75, 3.05) is 27.3 Å². The number of benzene rings is 2. The molecule has 1 amide bonds. The molecule has 2 aromatic carbocycles. The first-order valence-corrected chi connectivity index (χ1v) is 8.84. The van der Waals surface area contributed by atoms with E-state index in [1.54, 1.807) is 38.5 Å². The van der Waals surface area contributed by atoms with Crippen molar-refractivity contribution in [2.24, 2.45) is 0 Å². The summed E-state index contributed by atoms with van der Waals surface area (Å²) in [5.41, 5.74) is 2.69. The molecule has 3 rings (SSSR count). The summed E-state index contributed by atoms with van der Waals surface area (Å²) in [6, 6.07) is 10.9. The molecule has 1 aliphatic rings. The van der Waals surface area contributed by atoms with E-state index in [2.05, 4.69) is 0 Å². The zero-order chi connectivity index (χ0) is 18.7. The fourth-order valence-electron chi connectivity index (χ4n) is 3.55. The third-order valence-electron chi connectivity index (χ3n) is 5.15. The zero-order valence-electron chi connectivity index (χ0n) is 15.5. The molecule has 1 fully saturated rings. The van der Waals surface area contributed by atoms with Gasteiger partial charge in [0.05, 0.1) is 14.2 Å². The highest BCUT2D eigenvalue weighted by atomic mass is 16.5. The molecule has 138 valence electrons. The normalized spacial score (nSPS) is 15.0. The summed E-state index contributed by atoms with van der Waals surface area (Å²) >= 11 is 0. The van der Waals surface area contributed by atoms with Crippen molar-refractivity contribution < 1.29 is 19.4 Å². The molecule has 1 heterocycles. The van der Waals surface area contributed by atoms with Crippen molar-refractivity contribution in [3.8, 4) is 17.2 Å². The molecule has 0 aliphatic carbocycles. The van der Waals surface area contributed by atoms with Gasteiger partial charge < -0.3 is 19.5 Å². The Bertz CT molecular complexity index is 752. The molecule has 0 unspecified atom stereocenters. The lowest BCUT2D eigenvalue weighted by molar-refractivity contribution is 0.0712. The number of ether oxygens (including phenoxy) is 2. The van der Waals surface area contributed by atoms with Crippen molar-refractivity contribution in [1.82, 2.24) is 4.90 Å². The molecule has 5 nitrogen and oxygen atoms in total. The average Bonchev–Trinajstić information content (AvgIpc) is 2.68. The number of likely N-dealkylation sites (tertiary alicyclic amines) is 1. The first kappa shape index (κ1) is 18.1. The number of aromatic hydroxyl groups is 1. The van der Waals surface area contributed by atoms with Gasteiger partial charge in [-0.1, -0.05) is 12.1 Å². The molecule has 26 heavy (non-hydrogen) atoms. The molecular formula is C21H25NO4. The minimum atomic E-state index is 0.00533. The Labute approximate surface area is 154 Å². The molecule has 5 heteroatoms. The second kappa shape index (κ2) is 7.68. The van der Waals surface area contributed by atoms with E-state index in [0.717, 1.165) is 18.4 Å². The number of methoxy groups -OCH3 is 2. The van der Waals surface area contributed by atoms with E-state index < -0.39 is 0 Å². The Kier molecular flexibility index (Phi) is 5.35. The lowest BCUT2D eigenvalue weighted by Crippen LogP contribution is -2.38. The van der Waals surface area contributed by atoms with Crippen molar-refractivity contribution in [3.05, 3.63) is 53.1 Å². The number of hydrogen-bond donors (Lipinski definition) is 1. The second-order valence-electron chi connectivity index (χ2n) is 6.66. The van der Waals surface area contributed by atoms with E-state index >= 15 is 0 Å². The van der Waals surface area contributed by atoms with Gasteiger partial charge in [-0.25, -0.2) is 0 Å². The molecule has 1 saturated heterocycles. The van der Waals surface area contributed by atoms with Crippen LogP contribution in [-0.4, -0.2) is 43.2 Å². The standard InChI is InChI=1S/C21H25NO4/c1-14-19(25-2)12-17(13-20(14)26-3)21(24)22-10-8-16(9-11-22)15-4-6-18(23)7-5-15/h4-7,12-13,16,23H,8-11H2,1-3H3. The van der Waals surface area contributed by atoms with Crippen LogP contribution in [0.4, 0.5) is 0 Å². The van der Waals surface area contributed by atoms with Crippen LogP contribution in [0.5, 0.6) is 17.2 Å². The van der Waals surface area contributed by atoms with Crippen LogP contribution >= 0.6 is 0 Å². The number of piperidine rings is 1. The van der Waals surface area contributed by atoms with Gasteiger partial charge in [-0.15, -0.1) is 0 Å². The fourth-order valence-corrected chi connectivity index (χ4v) is 3.55. The molecule has 2 aromatic rings. The van der Waals surface area contributed by atoms with Gasteiger partial charge in [0.15, 0.2) is 0 Å². The highest BCUT2D eigenvalue weighted by Gasteiger charge is 2.25. The Balaban J connectivity index is 1.71. The van der Waals surface area contributed by atoms with Gasteiger partial charge in [-0.3, -0.25) is 4.79 Å². The van der Waals surface area contributed by atoms with Gasteiger partial charge in [0, 0.05) is 24.2 Å². The first-order valence-electron chi connectivity index (χ1n) is 8.84. The summed E-state index contributed by atoms with van der Waals surface area (Å²) in [6.45, 7) is 3.33. The van der Waals surface area contributed by atoms with Crippen LogP contribution in [0.3, 0.4) is 0 Å². The summed E-state index contributed by atoms with van der Waals surface area (Å²) in [5, 5.41) is 9.43. The quantitative estimate of drug-likeness (QED) is 0.908. The molecule has 0 atom stereocenters. The minimum absolute atomic E-state index is 0.00533. The smallest absolute Gasteiger partial charge is 0.254 e. The summed E-state index contributed by atoms with van der Waals surface area (Å²) in [7, 11) is 3.19. The third kappa shape index (κ3) is 3.62. The number of carbonyl (C=O) groups excluding carboxylic acids is 1. The number of carbonyl (C=O) groups is 1. The van der Waals surface area contributed by atoms with Crippen molar-refractivity contribution >= 4 is 5.91 Å². The van der Waals surface area contributed by atoms with Gasteiger partial charge in [-0.05, 0) is 55.5 Å². The van der Waals surface area contributed by atoms with Crippen molar-refractivity contribution in [3.63, 3.8) is 0 Å². The van der Waals surface area contributed by atoms with Crippen molar-refractivity contribution in [2.45, 2.75) is 25.7 Å². The average molecular weight is 355 g/mol. The van der Waals surface area contributed by atoms with Crippen LogP contribution in [0, 0.1) is 6.92 Å². The van der Waals surface area contributed by atoms with Crippen LogP contribution < -0.4 is 9.47 Å². The lowest BCUT2D eigenvalue weighted by Gasteiger charge is -2.32. The number of phenolic OH excluding ortho intramolecular Hbond substituents is 1. The SMILES string of the molecule is COc1cc(C(=O)N2CCC(c3ccc(O)cc3)CC2)cc(OC)c1C. The van der Waals surface area contributed by atoms with Crippen LogP contribution in [0.2, 0.25) is 0 Å².